The number of carbonyl (C=O) groups is 1. The lowest BCUT2D eigenvalue weighted by Crippen LogP contribution is -2.16. The summed E-state index contributed by atoms with van der Waals surface area (Å²) >= 11 is 0. The molecule has 5 nitrogen and oxygen atoms in total. The molecule has 2 aromatic carbocycles. The van der Waals surface area contributed by atoms with Gasteiger partial charge in [-0.3, -0.25) is 0 Å². The van der Waals surface area contributed by atoms with Crippen LogP contribution in [0.25, 0.3) is 28.4 Å². The van der Waals surface area contributed by atoms with Crippen molar-refractivity contribution in [1.29, 1.82) is 0 Å². The molecule has 4 rings (SSSR count). The highest BCUT2D eigenvalue weighted by Gasteiger charge is 2.36. The predicted octanol–water partition coefficient (Wildman–Crippen LogP) is 6.15. The molecule has 0 spiro atoms. The standard InChI is InChI=1S/C23H16F4N2O3/c1-12-2-9-18(23(25,26)27)17(10-12)13-3-5-14(6-4-13)21-28-20(29-32-21)15-7-8-16(22(30)31)19(24)11-15/h2-9,11-12H,10H2,1H3,(H,30,31). The summed E-state index contributed by atoms with van der Waals surface area (Å²) < 4.78 is 59.3. The van der Waals surface area contributed by atoms with Crippen molar-refractivity contribution in [1.82, 2.24) is 10.1 Å². The molecule has 9 heteroatoms. The van der Waals surface area contributed by atoms with Crippen LogP contribution in [0.3, 0.4) is 0 Å². The van der Waals surface area contributed by atoms with Crippen molar-refractivity contribution < 1.29 is 32.0 Å². The van der Waals surface area contributed by atoms with E-state index < -0.39 is 29.1 Å². The molecular weight excluding hydrogens is 428 g/mol. The molecule has 1 aliphatic carbocycles. The summed E-state index contributed by atoms with van der Waals surface area (Å²) in [4.78, 5) is 15.1. The fourth-order valence-corrected chi connectivity index (χ4v) is 3.50. The topological polar surface area (TPSA) is 76.2 Å². The van der Waals surface area contributed by atoms with Crippen molar-refractivity contribution in [3.8, 4) is 22.8 Å². The average Bonchev–Trinajstić information content (AvgIpc) is 3.23. The van der Waals surface area contributed by atoms with E-state index in [1.165, 1.54) is 6.07 Å². The Hall–Kier alpha value is -3.75. The Morgan fingerprint density at radius 3 is 2.38 bits per heavy atom. The maximum absolute atomic E-state index is 13.9. The van der Waals surface area contributed by atoms with E-state index in [0.29, 0.717) is 11.1 Å². The summed E-state index contributed by atoms with van der Waals surface area (Å²) in [5.41, 5.74) is 0.232. The number of carboxylic acid groups (broad SMARTS) is 1. The molecule has 0 saturated heterocycles. The fraction of sp³-hybridized carbons (Fsp3) is 0.174. The van der Waals surface area contributed by atoms with E-state index in [0.717, 1.165) is 18.2 Å². The van der Waals surface area contributed by atoms with Gasteiger partial charge >= 0.3 is 12.1 Å². The molecule has 0 amide bonds. The zero-order valence-corrected chi connectivity index (χ0v) is 16.7. The van der Waals surface area contributed by atoms with E-state index >= 15 is 0 Å². The minimum Gasteiger partial charge on any atom is -0.478 e. The number of hydrogen-bond acceptors (Lipinski definition) is 4. The van der Waals surface area contributed by atoms with Gasteiger partial charge in [0.1, 0.15) is 5.82 Å². The molecule has 0 aliphatic heterocycles. The van der Waals surface area contributed by atoms with E-state index in [2.05, 4.69) is 10.1 Å². The van der Waals surface area contributed by atoms with Crippen LogP contribution in [0, 0.1) is 11.7 Å². The van der Waals surface area contributed by atoms with Crippen LogP contribution in [0.5, 0.6) is 0 Å². The van der Waals surface area contributed by atoms with Gasteiger partial charge in [0.25, 0.3) is 5.89 Å². The first-order valence-electron chi connectivity index (χ1n) is 9.60. The SMILES string of the molecule is CC1C=CC(C(F)(F)F)=C(c2ccc(-c3nc(-c4ccc(C(=O)O)c(F)c4)no3)cc2)C1. The van der Waals surface area contributed by atoms with E-state index in [9.17, 15) is 22.4 Å². The molecule has 3 aromatic rings. The second-order valence-electron chi connectivity index (χ2n) is 7.43. The van der Waals surface area contributed by atoms with Gasteiger partial charge in [0, 0.05) is 11.1 Å². The van der Waals surface area contributed by atoms with Gasteiger partial charge in [0.15, 0.2) is 0 Å². The average molecular weight is 444 g/mol. The van der Waals surface area contributed by atoms with Crippen molar-refractivity contribution >= 4 is 11.5 Å². The summed E-state index contributed by atoms with van der Waals surface area (Å²) in [6, 6.07) is 9.72. The smallest absolute Gasteiger partial charge is 0.416 e. The van der Waals surface area contributed by atoms with Crippen molar-refractivity contribution in [3.63, 3.8) is 0 Å². The fourth-order valence-electron chi connectivity index (χ4n) is 3.50. The van der Waals surface area contributed by atoms with Gasteiger partial charge in [0.2, 0.25) is 5.82 Å². The third-order valence-corrected chi connectivity index (χ3v) is 5.11. The number of carboxylic acids is 1. The van der Waals surface area contributed by atoms with Gasteiger partial charge < -0.3 is 9.63 Å². The Morgan fingerprint density at radius 2 is 1.75 bits per heavy atom. The summed E-state index contributed by atoms with van der Waals surface area (Å²) in [6.45, 7) is 1.85. The Morgan fingerprint density at radius 1 is 1.09 bits per heavy atom. The van der Waals surface area contributed by atoms with E-state index in [1.807, 2.05) is 6.92 Å². The van der Waals surface area contributed by atoms with Gasteiger partial charge in [0.05, 0.1) is 11.1 Å². The number of allylic oxidation sites excluding steroid dienone is 4. The first kappa shape index (κ1) is 21.5. The second-order valence-corrected chi connectivity index (χ2v) is 7.43. The summed E-state index contributed by atoms with van der Waals surface area (Å²) in [5.74, 6) is -2.20. The van der Waals surface area contributed by atoms with Gasteiger partial charge in [-0.2, -0.15) is 18.2 Å². The van der Waals surface area contributed by atoms with Crippen LogP contribution in [-0.2, 0) is 0 Å². The molecule has 1 heterocycles. The minimum absolute atomic E-state index is 0.0119. The molecule has 164 valence electrons. The zero-order chi connectivity index (χ0) is 23.0. The Bertz CT molecular complexity index is 1240. The second kappa shape index (κ2) is 8.07. The highest BCUT2D eigenvalue weighted by molar-refractivity contribution is 5.88. The first-order valence-corrected chi connectivity index (χ1v) is 9.60. The molecule has 1 atom stereocenters. The lowest BCUT2D eigenvalue weighted by molar-refractivity contribution is -0.0880. The Labute approximate surface area is 179 Å². The third-order valence-electron chi connectivity index (χ3n) is 5.11. The van der Waals surface area contributed by atoms with E-state index in [4.69, 9.17) is 9.63 Å². The predicted molar refractivity (Wildman–Crippen MR) is 108 cm³/mol. The van der Waals surface area contributed by atoms with Crippen molar-refractivity contribution in [2.24, 2.45) is 5.92 Å². The van der Waals surface area contributed by atoms with Crippen LogP contribution in [0.4, 0.5) is 17.6 Å². The van der Waals surface area contributed by atoms with Gasteiger partial charge in [-0.25, -0.2) is 9.18 Å². The molecule has 0 fully saturated rings. The number of alkyl halides is 3. The first-order chi connectivity index (χ1) is 15.1. The molecule has 0 radical (unpaired) electrons. The molecule has 1 aliphatic rings. The monoisotopic (exact) mass is 444 g/mol. The van der Waals surface area contributed by atoms with Crippen LogP contribution in [0.1, 0.15) is 29.3 Å². The largest absolute Gasteiger partial charge is 0.478 e. The van der Waals surface area contributed by atoms with Crippen LogP contribution < -0.4 is 0 Å². The third kappa shape index (κ3) is 4.18. The van der Waals surface area contributed by atoms with Crippen LogP contribution in [-0.4, -0.2) is 27.4 Å². The van der Waals surface area contributed by atoms with E-state index in [-0.39, 0.29) is 35.2 Å². The maximum Gasteiger partial charge on any atom is 0.416 e. The number of benzene rings is 2. The van der Waals surface area contributed by atoms with Gasteiger partial charge in [-0.15, -0.1) is 0 Å². The number of aromatic carboxylic acids is 1. The molecule has 1 N–H and O–H groups in total. The van der Waals surface area contributed by atoms with Crippen LogP contribution in [0.15, 0.2) is 64.7 Å². The molecule has 1 unspecified atom stereocenters. The molecule has 32 heavy (non-hydrogen) atoms. The lowest BCUT2D eigenvalue weighted by Gasteiger charge is -2.22. The number of rotatable bonds is 4. The Balaban J connectivity index is 1.63. The molecule has 0 bridgehead atoms. The van der Waals surface area contributed by atoms with Gasteiger partial charge in [-0.1, -0.05) is 36.4 Å². The Kier molecular flexibility index (Phi) is 5.41. The summed E-state index contributed by atoms with van der Waals surface area (Å²) in [5, 5.41) is 12.7. The normalized spacial score (nSPS) is 16.5. The number of aromatic nitrogens is 2. The van der Waals surface area contributed by atoms with Crippen molar-refractivity contribution in [3.05, 3.63) is 77.1 Å². The highest BCUT2D eigenvalue weighted by Crippen LogP contribution is 2.40. The molecular formula is C23H16F4N2O3. The number of nitrogens with zero attached hydrogens (tertiary/aromatic N) is 2. The quantitative estimate of drug-likeness (QED) is 0.488. The van der Waals surface area contributed by atoms with E-state index in [1.54, 1.807) is 30.3 Å². The number of hydrogen-bond donors (Lipinski definition) is 1. The summed E-state index contributed by atoms with van der Waals surface area (Å²) in [7, 11) is 0. The minimum atomic E-state index is -4.45. The molecule has 0 saturated carbocycles. The maximum atomic E-state index is 13.9. The molecule has 1 aromatic heterocycles. The van der Waals surface area contributed by atoms with Crippen molar-refractivity contribution in [2.45, 2.75) is 19.5 Å². The van der Waals surface area contributed by atoms with Gasteiger partial charge in [-0.05, 0) is 53.8 Å². The number of halogens is 4. The zero-order valence-electron chi connectivity index (χ0n) is 16.7. The lowest BCUT2D eigenvalue weighted by atomic mass is 9.86. The van der Waals surface area contributed by atoms with Crippen molar-refractivity contribution in [2.75, 3.05) is 0 Å². The van der Waals surface area contributed by atoms with Crippen LogP contribution >= 0.6 is 0 Å². The summed E-state index contributed by atoms with van der Waals surface area (Å²) in [6.07, 6.45) is -1.51. The highest BCUT2D eigenvalue weighted by atomic mass is 19.4. The van der Waals surface area contributed by atoms with Crippen LogP contribution in [0.2, 0.25) is 0 Å².